The van der Waals surface area contributed by atoms with Gasteiger partial charge in [-0.1, -0.05) is 0 Å². The molecule has 8 heteroatoms. The standard InChI is InChI=1S/C21H33N5O2S/c1-14-11-26(12-15(2)28-14)6-5-22-20-19-16(3)17(4)29-21(19)24-18(23-20)13-25-7-9-27-10-8-25/h14-15H,5-13H2,1-4H3,(H,22,23,24). The van der Waals surface area contributed by atoms with Crippen LogP contribution in [0.2, 0.25) is 0 Å². The Kier molecular flexibility index (Phi) is 6.66. The molecule has 0 spiro atoms. The molecule has 1 N–H and O–H groups in total. The highest BCUT2D eigenvalue weighted by Gasteiger charge is 2.22. The first-order valence-electron chi connectivity index (χ1n) is 10.7. The number of aromatic nitrogens is 2. The Morgan fingerprint density at radius 2 is 1.79 bits per heavy atom. The van der Waals surface area contributed by atoms with E-state index in [-0.39, 0.29) is 0 Å². The quantitative estimate of drug-likeness (QED) is 0.772. The van der Waals surface area contributed by atoms with Gasteiger partial charge in [0.2, 0.25) is 0 Å². The van der Waals surface area contributed by atoms with Crippen LogP contribution in [0.25, 0.3) is 10.2 Å². The van der Waals surface area contributed by atoms with Crippen molar-refractivity contribution in [2.75, 3.05) is 57.8 Å². The zero-order valence-corrected chi connectivity index (χ0v) is 18.8. The summed E-state index contributed by atoms with van der Waals surface area (Å²) >= 11 is 1.77. The molecule has 2 aliphatic heterocycles. The monoisotopic (exact) mass is 419 g/mol. The Labute approximate surface area is 177 Å². The number of rotatable bonds is 6. The average Bonchev–Trinajstić information content (AvgIpc) is 2.96. The fourth-order valence-corrected chi connectivity index (χ4v) is 5.30. The lowest BCUT2D eigenvalue weighted by atomic mass is 10.2. The second-order valence-corrected chi connectivity index (χ2v) is 9.49. The van der Waals surface area contributed by atoms with E-state index in [0.717, 1.165) is 75.5 Å². The molecule has 4 heterocycles. The molecule has 2 aliphatic rings. The number of aryl methyl sites for hydroxylation is 2. The molecule has 4 rings (SSSR count). The first-order valence-corrected chi connectivity index (χ1v) is 11.5. The van der Waals surface area contributed by atoms with Gasteiger partial charge in [-0.2, -0.15) is 0 Å². The summed E-state index contributed by atoms with van der Waals surface area (Å²) in [7, 11) is 0. The molecule has 0 saturated carbocycles. The van der Waals surface area contributed by atoms with Crippen molar-refractivity contribution in [1.82, 2.24) is 19.8 Å². The van der Waals surface area contributed by atoms with Gasteiger partial charge in [-0.25, -0.2) is 9.97 Å². The van der Waals surface area contributed by atoms with Crippen molar-refractivity contribution in [2.45, 2.75) is 46.4 Å². The number of hydrogen-bond donors (Lipinski definition) is 1. The van der Waals surface area contributed by atoms with Gasteiger partial charge in [0.05, 0.1) is 37.4 Å². The van der Waals surface area contributed by atoms with Crippen LogP contribution in [0.3, 0.4) is 0 Å². The molecule has 160 valence electrons. The van der Waals surface area contributed by atoms with Gasteiger partial charge in [0, 0.05) is 44.1 Å². The minimum absolute atomic E-state index is 0.298. The fourth-order valence-electron chi connectivity index (χ4n) is 4.25. The van der Waals surface area contributed by atoms with E-state index in [9.17, 15) is 0 Å². The summed E-state index contributed by atoms with van der Waals surface area (Å²) in [5.74, 6) is 1.88. The van der Waals surface area contributed by atoms with Gasteiger partial charge in [0.15, 0.2) is 0 Å². The first-order chi connectivity index (χ1) is 14.0. The van der Waals surface area contributed by atoms with E-state index in [1.54, 1.807) is 11.3 Å². The van der Waals surface area contributed by atoms with Crippen molar-refractivity contribution in [3.8, 4) is 0 Å². The van der Waals surface area contributed by atoms with Gasteiger partial charge in [0.1, 0.15) is 16.5 Å². The lowest BCUT2D eigenvalue weighted by Gasteiger charge is -2.35. The van der Waals surface area contributed by atoms with Crippen LogP contribution in [-0.4, -0.2) is 84.5 Å². The largest absolute Gasteiger partial charge is 0.379 e. The van der Waals surface area contributed by atoms with Gasteiger partial charge < -0.3 is 14.8 Å². The van der Waals surface area contributed by atoms with Crippen molar-refractivity contribution in [1.29, 1.82) is 0 Å². The van der Waals surface area contributed by atoms with Crippen molar-refractivity contribution in [3.63, 3.8) is 0 Å². The summed E-state index contributed by atoms with van der Waals surface area (Å²) in [5.41, 5.74) is 1.29. The number of ether oxygens (including phenoxy) is 2. The van der Waals surface area contributed by atoms with E-state index in [0.29, 0.717) is 12.2 Å². The van der Waals surface area contributed by atoms with Crippen LogP contribution >= 0.6 is 11.3 Å². The molecular formula is C21H33N5O2S. The molecule has 2 atom stereocenters. The number of nitrogens with one attached hydrogen (secondary N) is 1. The molecule has 0 radical (unpaired) electrons. The van der Waals surface area contributed by atoms with Crippen LogP contribution in [-0.2, 0) is 16.0 Å². The highest BCUT2D eigenvalue weighted by atomic mass is 32.1. The molecule has 0 bridgehead atoms. The molecule has 7 nitrogen and oxygen atoms in total. The SMILES string of the molecule is Cc1sc2nc(CN3CCOCC3)nc(NCCN3CC(C)OC(C)C3)c2c1C. The van der Waals surface area contributed by atoms with E-state index in [1.165, 1.54) is 15.8 Å². The third-order valence-corrected chi connectivity index (χ3v) is 6.86. The van der Waals surface area contributed by atoms with Gasteiger partial charge in [-0.3, -0.25) is 9.80 Å². The molecule has 2 aromatic heterocycles. The van der Waals surface area contributed by atoms with Crippen LogP contribution < -0.4 is 5.32 Å². The molecule has 0 aromatic carbocycles. The Hall–Kier alpha value is -1.32. The van der Waals surface area contributed by atoms with Crippen molar-refractivity contribution >= 4 is 27.4 Å². The van der Waals surface area contributed by atoms with E-state index in [2.05, 4.69) is 42.8 Å². The number of hydrogen-bond acceptors (Lipinski definition) is 8. The first kappa shape index (κ1) is 20.9. The zero-order valence-electron chi connectivity index (χ0n) is 18.0. The molecule has 0 aliphatic carbocycles. The highest BCUT2D eigenvalue weighted by Crippen LogP contribution is 2.33. The van der Waals surface area contributed by atoms with Crippen LogP contribution in [0, 0.1) is 13.8 Å². The fraction of sp³-hybridized carbons (Fsp3) is 0.714. The maximum atomic E-state index is 5.85. The maximum absolute atomic E-state index is 5.85. The lowest BCUT2D eigenvalue weighted by Crippen LogP contribution is -2.46. The molecular weight excluding hydrogens is 386 g/mol. The number of thiophene rings is 1. The summed E-state index contributed by atoms with van der Waals surface area (Å²) in [6.45, 7) is 16.7. The van der Waals surface area contributed by atoms with E-state index in [4.69, 9.17) is 19.4 Å². The predicted molar refractivity (Wildman–Crippen MR) is 118 cm³/mol. The zero-order chi connectivity index (χ0) is 20.4. The summed E-state index contributed by atoms with van der Waals surface area (Å²) in [5, 5.41) is 4.81. The topological polar surface area (TPSA) is 62.8 Å². The van der Waals surface area contributed by atoms with Gasteiger partial charge in [0.25, 0.3) is 0 Å². The molecule has 2 unspecified atom stereocenters. The van der Waals surface area contributed by atoms with Crippen molar-refractivity contribution < 1.29 is 9.47 Å². The lowest BCUT2D eigenvalue weighted by molar-refractivity contribution is -0.0667. The Bertz CT molecular complexity index is 826. The average molecular weight is 420 g/mol. The van der Waals surface area contributed by atoms with Gasteiger partial charge in [-0.05, 0) is 33.3 Å². The summed E-state index contributed by atoms with van der Waals surface area (Å²) in [6.07, 6.45) is 0.595. The molecule has 2 aromatic rings. The van der Waals surface area contributed by atoms with E-state index >= 15 is 0 Å². The molecule has 29 heavy (non-hydrogen) atoms. The maximum Gasteiger partial charge on any atom is 0.146 e. The summed E-state index contributed by atoms with van der Waals surface area (Å²) in [6, 6.07) is 0. The molecule has 0 amide bonds. The summed E-state index contributed by atoms with van der Waals surface area (Å²) < 4.78 is 11.3. The number of fused-ring (bicyclic) bond motifs is 1. The van der Waals surface area contributed by atoms with Crippen molar-refractivity contribution in [2.24, 2.45) is 0 Å². The molecule has 2 saturated heterocycles. The smallest absolute Gasteiger partial charge is 0.146 e. The van der Waals surface area contributed by atoms with Crippen LogP contribution in [0.1, 0.15) is 30.1 Å². The minimum Gasteiger partial charge on any atom is -0.379 e. The number of nitrogens with zero attached hydrogens (tertiary/aromatic N) is 4. The van der Waals surface area contributed by atoms with Crippen molar-refractivity contribution in [3.05, 3.63) is 16.3 Å². The Morgan fingerprint density at radius 1 is 1.07 bits per heavy atom. The number of morpholine rings is 2. The van der Waals surface area contributed by atoms with E-state index < -0.39 is 0 Å². The third-order valence-electron chi connectivity index (χ3n) is 5.76. The van der Waals surface area contributed by atoms with Gasteiger partial charge >= 0.3 is 0 Å². The second kappa shape index (κ2) is 9.22. The van der Waals surface area contributed by atoms with Crippen LogP contribution in [0.4, 0.5) is 5.82 Å². The highest BCUT2D eigenvalue weighted by molar-refractivity contribution is 7.18. The second-order valence-electron chi connectivity index (χ2n) is 8.28. The predicted octanol–water partition coefficient (Wildman–Crippen LogP) is 2.66. The van der Waals surface area contributed by atoms with Gasteiger partial charge in [-0.15, -0.1) is 11.3 Å². The third kappa shape index (κ3) is 5.06. The Morgan fingerprint density at radius 3 is 2.52 bits per heavy atom. The summed E-state index contributed by atoms with van der Waals surface area (Å²) in [4.78, 5) is 17.1. The van der Waals surface area contributed by atoms with Crippen LogP contribution in [0.5, 0.6) is 0 Å². The normalized spacial score (nSPS) is 24.3. The molecule has 2 fully saturated rings. The van der Waals surface area contributed by atoms with E-state index in [1.807, 2.05) is 0 Å². The van der Waals surface area contributed by atoms with Crippen LogP contribution in [0.15, 0.2) is 0 Å². The minimum atomic E-state index is 0.298. The Balaban J connectivity index is 1.48. The number of anilines is 1.